The predicted molar refractivity (Wildman–Crippen MR) is 114 cm³/mol. The Kier molecular flexibility index (Phi) is 6.69. The van der Waals surface area contributed by atoms with Gasteiger partial charge in [-0.1, -0.05) is 44.2 Å². The first-order valence-corrected chi connectivity index (χ1v) is 10.8. The summed E-state index contributed by atoms with van der Waals surface area (Å²) in [4.78, 5) is 40.9. The van der Waals surface area contributed by atoms with Crippen molar-refractivity contribution in [1.82, 2.24) is 15.1 Å². The molecule has 0 aliphatic carbocycles. The molecule has 0 radical (unpaired) electrons. The molecular weight excluding hydrogens is 386 g/mol. The van der Waals surface area contributed by atoms with Crippen LogP contribution in [0.2, 0.25) is 0 Å². The van der Waals surface area contributed by atoms with Crippen molar-refractivity contribution in [3.05, 3.63) is 57.8 Å². The van der Waals surface area contributed by atoms with E-state index >= 15 is 0 Å². The molecule has 1 fully saturated rings. The van der Waals surface area contributed by atoms with E-state index in [9.17, 15) is 14.4 Å². The lowest BCUT2D eigenvalue weighted by Crippen LogP contribution is -2.56. The number of thiophene rings is 1. The fourth-order valence-corrected chi connectivity index (χ4v) is 4.20. The van der Waals surface area contributed by atoms with Crippen LogP contribution in [-0.4, -0.2) is 53.7 Å². The summed E-state index contributed by atoms with van der Waals surface area (Å²) in [5, 5.41) is 5.02. The molecule has 0 bridgehead atoms. The Hall–Kier alpha value is -2.67. The first-order chi connectivity index (χ1) is 13.9. The number of piperazine rings is 1. The minimum atomic E-state index is -0.609. The zero-order valence-corrected chi connectivity index (χ0v) is 17.9. The molecule has 1 atom stereocenters. The van der Waals surface area contributed by atoms with E-state index in [4.69, 9.17) is 0 Å². The molecule has 0 saturated carbocycles. The lowest BCUT2D eigenvalue weighted by molar-refractivity contribution is -0.156. The third-order valence-electron chi connectivity index (χ3n) is 5.18. The lowest BCUT2D eigenvalue weighted by Gasteiger charge is -2.33. The van der Waals surface area contributed by atoms with Crippen LogP contribution in [0.5, 0.6) is 0 Å². The summed E-state index contributed by atoms with van der Waals surface area (Å²) >= 11 is 1.57. The lowest BCUT2D eigenvalue weighted by atomic mass is 9.98. The summed E-state index contributed by atoms with van der Waals surface area (Å²) in [6.45, 7) is 7.33. The number of likely N-dealkylation sites (N-methyl/N-ethyl adjacent to an activating group) is 1. The van der Waals surface area contributed by atoms with Crippen molar-refractivity contribution in [1.29, 1.82) is 0 Å². The van der Waals surface area contributed by atoms with Crippen LogP contribution in [0.25, 0.3) is 0 Å². The molecule has 6 nitrogen and oxygen atoms in total. The molecule has 7 heteroatoms. The third-order valence-corrected chi connectivity index (χ3v) is 6.12. The van der Waals surface area contributed by atoms with E-state index in [1.807, 2.05) is 36.6 Å². The van der Waals surface area contributed by atoms with E-state index in [0.717, 1.165) is 10.4 Å². The third kappa shape index (κ3) is 4.85. The topological polar surface area (TPSA) is 69.7 Å². The van der Waals surface area contributed by atoms with Gasteiger partial charge < -0.3 is 15.1 Å². The van der Waals surface area contributed by atoms with Crippen molar-refractivity contribution in [3.63, 3.8) is 0 Å². The summed E-state index contributed by atoms with van der Waals surface area (Å²) < 4.78 is 0. The number of carbonyl (C=O) groups is 3. The SMILES string of the molecule is CCN1CCN(CC(=O)NC(c2ccc(C(C)C)cc2)c2cccs2)C(=O)C1=O. The molecule has 2 heterocycles. The van der Waals surface area contributed by atoms with Gasteiger partial charge in [-0.15, -0.1) is 11.3 Å². The summed E-state index contributed by atoms with van der Waals surface area (Å²) in [7, 11) is 0. The number of carbonyl (C=O) groups excluding carboxylic acids is 3. The quantitative estimate of drug-likeness (QED) is 0.710. The van der Waals surface area contributed by atoms with E-state index in [1.54, 1.807) is 11.3 Å². The summed E-state index contributed by atoms with van der Waals surface area (Å²) in [6.07, 6.45) is 0. The molecule has 0 spiro atoms. The monoisotopic (exact) mass is 413 g/mol. The molecule has 3 amide bonds. The minimum Gasteiger partial charge on any atom is -0.343 e. The van der Waals surface area contributed by atoms with Gasteiger partial charge in [0.1, 0.15) is 6.54 Å². The average molecular weight is 414 g/mol. The zero-order valence-electron chi connectivity index (χ0n) is 17.1. The number of hydrogen-bond acceptors (Lipinski definition) is 4. The van der Waals surface area contributed by atoms with Crippen molar-refractivity contribution < 1.29 is 14.4 Å². The first-order valence-electron chi connectivity index (χ1n) is 9.91. The molecule has 3 rings (SSSR count). The van der Waals surface area contributed by atoms with Crippen LogP contribution in [-0.2, 0) is 14.4 Å². The van der Waals surface area contributed by atoms with Crippen LogP contribution in [0, 0.1) is 0 Å². The summed E-state index contributed by atoms with van der Waals surface area (Å²) in [5.41, 5.74) is 2.23. The predicted octanol–water partition coefficient (Wildman–Crippen LogP) is 2.77. The van der Waals surface area contributed by atoms with Crippen LogP contribution in [0.1, 0.15) is 48.7 Å². The first kappa shape index (κ1) is 21.0. The van der Waals surface area contributed by atoms with E-state index in [0.29, 0.717) is 25.6 Å². The van der Waals surface area contributed by atoms with Crippen LogP contribution >= 0.6 is 11.3 Å². The van der Waals surface area contributed by atoms with E-state index < -0.39 is 11.8 Å². The van der Waals surface area contributed by atoms with Gasteiger partial charge in [0.25, 0.3) is 0 Å². The minimum absolute atomic E-state index is 0.117. The Balaban J connectivity index is 1.72. The Labute approximate surface area is 175 Å². The Morgan fingerprint density at radius 3 is 2.24 bits per heavy atom. The number of hydrogen-bond donors (Lipinski definition) is 1. The van der Waals surface area contributed by atoms with Gasteiger partial charge >= 0.3 is 11.8 Å². The van der Waals surface area contributed by atoms with Crippen molar-refractivity contribution >= 4 is 29.1 Å². The maximum absolute atomic E-state index is 12.7. The second kappa shape index (κ2) is 9.22. The highest BCUT2D eigenvalue weighted by Crippen LogP contribution is 2.27. The smallest absolute Gasteiger partial charge is 0.312 e. The molecular formula is C22H27N3O3S. The average Bonchev–Trinajstić information content (AvgIpc) is 3.24. The highest BCUT2D eigenvalue weighted by molar-refractivity contribution is 7.10. The van der Waals surface area contributed by atoms with Gasteiger partial charge in [0.05, 0.1) is 6.04 Å². The van der Waals surface area contributed by atoms with E-state index in [2.05, 4.69) is 31.3 Å². The Morgan fingerprint density at radius 2 is 1.66 bits per heavy atom. The van der Waals surface area contributed by atoms with Crippen molar-refractivity contribution in [3.8, 4) is 0 Å². The molecule has 1 N–H and O–H groups in total. The number of benzene rings is 1. The van der Waals surface area contributed by atoms with E-state index in [1.165, 1.54) is 15.4 Å². The normalized spacial score (nSPS) is 15.7. The van der Waals surface area contributed by atoms with Gasteiger partial charge in [0.2, 0.25) is 5.91 Å². The molecule has 1 saturated heterocycles. The second-order valence-corrected chi connectivity index (χ2v) is 8.43. The Bertz CT molecular complexity index is 862. The molecule has 1 aliphatic rings. The largest absolute Gasteiger partial charge is 0.343 e. The van der Waals surface area contributed by atoms with Crippen molar-refractivity contribution in [2.75, 3.05) is 26.2 Å². The van der Waals surface area contributed by atoms with Crippen LogP contribution in [0.4, 0.5) is 0 Å². The summed E-state index contributed by atoms with van der Waals surface area (Å²) in [5.74, 6) is -0.987. The van der Waals surface area contributed by atoms with Crippen LogP contribution in [0.3, 0.4) is 0 Å². The molecule has 1 aromatic carbocycles. The van der Waals surface area contributed by atoms with Gasteiger partial charge in [-0.3, -0.25) is 14.4 Å². The van der Waals surface area contributed by atoms with Crippen LogP contribution < -0.4 is 5.32 Å². The molecule has 154 valence electrons. The molecule has 1 aromatic heterocycles. The second-order valence-electron chi connectivity index (χ2n) is 7.45. The molecule has 1 aliphatic heterocycles. The van der Waals surface area contributed by atoms with Gasteiger partial charge in [-0.25, -0.2) is 0 Å². The van der Waals surface area contributed by atoms with Crippen molar-refractivity contribution in [2.24, 2.45) is 0 Å². The maximum Gasteiger partial charge on any atom is 0.312 e. The highest BCUT2D eigenvalue weighted by atomic mass is 32.1. The zero-order chi connectivity index (χ0) is 21.0. The number of amides is 3. The van der Waals surface area contributed by atoms with E-state index in [-0.39, 0.29) is 18.5 Å². The van der Waals surface area contributed by atoms with Gasteiger partial charge in [0, 0.05) is 24.5 Å². The summed E-state index contributed by atoms with van der Waals surface area (Å²) in [6, 6.07) is 11.9. The number of rotatable bonds is 7. The standard InChI is InChI=1S/C22H27N3O3S/c1-4-24-11-12-25(22(28)21(24)27)14-19(26)23-20(18-6-5-13-29-18)17-9-7-16(8-10-17)15(2)3/h5-10,13,15,20H,4,11-12,14H2,1-3H3,(H,23,26). The van der Waals surface area contributed by atoms with Crippen molar-refractivity contribution in [2.45, 2.75) is 32.7 Å². The fraction of sp³-hybridized carbons (Fsp3) is 0.409. The number of nitrogens with one attached hydrogen (secondary N) is 1. The van der Waals surface area contributed by atoms with Crippen LogP contribution in [0.15, 0.2) is 41.8 Å². The van der Waals surface area contributed by atoms with Gasteiger partial charge in [-0.2, -0.15) is 0 Å². The molecule has 29 heavy (non-hydrogen) atoms. The highest BCUT2D eigenvalue weighted by Gasteiger charge is 2.33. The molecule has 1 unspecified atom stereocenters. The number of nitrogens with zero attached hydrogens (tertiary/aromatic N) is 2. The fourth-order valence-electron chi connectivity index (χ4n) is 3.40. The van der Waals surface area contributed by atoms with Gasteiger partial charge in [0.15, 0.2) is 0 Å². The Morgan fingerprint density at radius 1 is 1.03 bits per heavy atom. The van der Waals surface area contributed by atoms with Gasteiger partial charge in [-0.05, 0) is 35.4 Å². The molecule has 2 aromatic rings. The maximum atomic E-state index is 12.7.